The number of hydrogen-bond acceptors (Lipinski definition) is 1. The van der Waals surface area contributed by atoms with Crippen molar-refractivity contribution >= 4 is 6.29 Å². The van der Waals surface area contributed by atoms with Gasteiger partial charge in [0, 0.05) is 0 Å². The van der Waals surface area contributed by atoms with Crippen molar-refractivity contribution < 1.29 is 4.79 Å². The smallest absolute Gasteiger partial charge is 0.145 e. The molecule has 0 aromatic rings. The van der Waals surface area contributed by atoms with E-state index in [0.717, 1.165) is 24.7 Å². The minimum Gasteiger partial charge on any atom is -0.298 e. The van der Waals surface area contributed by atoms with Crippen LogP contribution in [0.1, 0.15) is 59.3 Å². The van der Waals surface area contributed by atoms with Gasteiger partial charge in [0.15, 0.2) is 0 Å². The summed E-state index contributed by atoms with van der Waals surface area (Å²) >= 11 is 0. The van der Waals surface area contributed by atoms with Gasteiger partial charge in [-0.2, -0.15) is 0 Å². The van der Waals surface area contributed by atoms with E-state index in [4.69, 9.17) is 0 Å². The monoisotopic (exact) mass is 182 g/mol. The van der Waals surface area contributed by atoms with Crippen molar-refractivity contribution in [2.45, 2.75) is 59.3 Å². The third kappa shape index (κ3) is 5.62. The van der Waals surface area contributed by atoms with Crippen LogP contribution < -0.4 is 0 Å². The van der Waals surface area contributed by atoms with Gasteiger partial charge >= 0.3 is 0 Å². The second kappa shape index (κ2) is 8.03. The van der Waals surface area contributed by atoms with E-state index in [9.17, 15) is 4.79 Å². The Labute approximate surface area is 82.2 Å². The molecule has 0 bridgehead atoms. The Hall–Kier alpha value is -0.590. The van der Waals surface area contributed by atoms with E-state index >= 15 is 0 Å². The van der Waals surface area contributed by atoms with Crippen molar-refractivity contribution in [3.05, 3.63) is 11.1 Å². The van der Waals surface area contributed by atoms with Crippen LogP contribution in [0, 0.1) is 0 Å². The SMILES string of the molecule is CCCCCCC(CC)=C(C)C=O. The molecule has 0 aromatic carbocycles. The van der Waals surface area contributed by atoms with Crippen LogP contribution in [0.3, 0.4) is 0 Å². The normalized spacial score (nSPS) is 12.5. The van der Waals surface area contributed by atoms with Gasteiger partial charge in [0.25, 0.3) is 0 Å². The minimum atomic E-state index is 0.944. The van der Waals surface area contributed by atoms with Crippen molar-refractivity contribution in [3.8, 4) is 0 Å². The van der Waals surface area contributed by atoms with Crippen LogP contribution >= 0.6 is 0 Å². The van der Waals surface area contributed by atoms with Gasteiger partial charge in [-0.3, -0.25) is 4.79 Å². The molecular weight excluding hydrogens is 160 g/mol. The lowest BCUT2D eigenvalue weighted by atomic mass is 10.0. The Balaban J connectivity index is 3.79. The summed E-state index contributed by atoms with van der Waals surface area (Å²) in [5.74, 6) is 0. The fourth-order valence-electron chi connectivity index (χ4n) is 1.50. The molecule has 1 nitrogen and oxygen atoms in total. The van der Waals surface area contributed by atoms with Crippen LogP contribution in [0.15, 0.2) is 11.1 Å². The molecule has 0 atom stereocenters. The lowest BCUT2D eigenvalue weighted by Gasteiger charge is -2.05. The molecule has 0 saturated heterocycles. The maximum Gasteiger partial charge on any atom is 0.145 e. The predicted molar refractivity (Wildman–Crippen MR) is 57.8 cm³/mol. The molecule has 0 amide bonds. The molecule has 0 aliphatic rings. The van der Waals surface area contributed by atoms with Gasteiger partial charge in [-0.05, 0) is 31.8 Å². The number of allylic oxidation sites excluding steroid dienone is 2. The first kappa shape index (κ1) is 12.4. The molecule has 0 saturated carbocycles. The molecule has 0 rings (SSSR count). The van der Waals surface area contributed by atoms with E-state index in [2.05, 4.69) is 13.8 Å². The summed E-state index contributed by atoms with van der Waals surface area (Å²) in [6, 6.07) is 0. The third-order valence-electron chi connectivity index (χ3n) is 2.49. The number of aldehydes is 1. The molecule has 0 aromatic heterocycles. The zero-order chi connectivity index (χ0) is 10.1. The fourth-order valence-corrected chi connectivity index (χ4v) is 1.50. The molecular formula is C12H22O. The minimum absolute atomic E-state index is 0.944. The molecule has 1 heteroatoms. The summed E-state index contributed by atoms with van der Waals surface area (Å²) in [5.41, 5.74) is 2.28. The predicted octanol–water partition coefficient (Wildman–Crippen LogP) is 3.88. The van der Waals surface area contributed by atoms with Crippen LogP contribution in [0.2, 0.25) is 0 Å². The first-order valence-electron chi connectivity index (χ1n) is 5.40. The van der Waals surface area contributed by atoms with Crippen molar-refractivity contribution in [1.29, 1.82) is 0 Å². The quantitative estimate of drug-likeness (QED) is 0.332. The summed E-state index contributed by atoms with van der Waals surface area (Å²) in [5, 5.41) is 0. The van der Waals surface area contributed by atoms with E-state index in [1.165, 1.54) is 31.3 Å². The second-order valence-corrected chi connectivity index (χ2v) is 3.57. The van der Waals surface area contributed by atoms with Gasteiger partial charge in [-0.15, -0.1) is 0 Å². The van der Waals surface area contributed by atoms with Crippen LogP contribution in [-0.4, -0.2) is 6.29 Å². The Morgan fingerprint density at radius 2 is 1.85 bits per heavy atom. The summed E-state index contributed by atoms with van der Waals surface area (Å²) in [6.45, 7) is 6.26. The highest BCUT2D eigenvalue weighted by Crippen LogP contribution is 2.16. The van der Waals surface area contributed by atoms with Crippen LogP contribution in [0.5, 0.6) is 0 Å². The Morgan fingerprint density at radius 1 is 1.15 bits per heavy atom. The molecule has 0 aliphatic heterocycles. The summed E-state index contributed by atoms with van der Waals surface area (Å²) in [6.07, 6.45) is 8.25. The molecule has 0 radical (unpaired) electrons. The van der Waals surface area contributed by atoms with Crippen molar-refractivity contribution in [2.75, 3.05) is 0 Å². The highest BCUT2D eigenvalue weighted by molar-refractivity contribution is 5.73. The highest BCUT2D eigenvalue weighted by Gasteiger charge is 1.99. The maximum absolute atomic E-state index is 10.5. The van der Waals surface area contributed by atoms with Crippen LogP contribution in [0.25, 0.3) is 0 Å². The topological polar surface area (TPSA) is 17.1 Å². The van der Waals surface area contributed by atoms with Gasteiger partial charge in [0.05, 0.1) is 0 Å². The standard InChI is InChI=1S/C12H22O/c1-4-6-7-8-9-12(5-2)11(3)10-13/h10H,4-9H2,1-3H3. The summed E-state index contributed by atoms with van der Waals surface area (Å²) < 4.78 is 0. The Kier molecular flexibility index (Phi) is 7.66. The molecule has 0 aliphatic carbocycles. The molecule has 76 valence electrons. The second-order valence-electron chi connectivity index (χ2n) is 3.57. The van der Waals surface area contributed by atoms with Gasteiger partial charge in [0.1, 0.15) is 6.29 Å². The summed E-state index contributed by atoms with van der Waals surface area (Å²) in [7, 11) is 0. The summed E-state index contributed by atoms with van der Waals surface area (Å²) in [4.78, 5) is 10.5. The zero-order valence-electron chi connectivity index (χ0n) is 9.23. The largest absolute Gasteiger partial charge is 0.298 e. The Bertz CT molecular complexity index is 168. The number of unbranched alkanes of at least 4 members (excludes halogenated alkanes) is 3. The lowest BCUT2D eigenvalue weighted by molar-refractivity contribution is -0.104. The van der Waals surface area contributed by atoms with Gasteiger partial charge in [-0.1, -0.05) is 38.7 Å². The first-order chi connectivity index (χ1) is 6.26. The van der Waals surface area contributed by atoms with Crippen molar-refractivity contribution in [2.24, 2.45) is 0 Å². The number of carbonyl (C=O) groups excluding carboxylic acids is 1. The van der Waals surface area contributed by atoms with Gasteiger partial charge in [-0.25, -0.2) is 0 Å². The highest BCUT2D eigenvalue weighted by atomic mass is 16.1. The molecule has 0 spiro atoms. The van der Waals surface area contributed by atoms with E-state index in [1.54, 1.807) is 0 Å². The lowest BCUT2D eigenvalue weighted by Crippen LogP contribution is -1.90. The molecule has 0 fully saturated rings. The van der Waals surface area contributed by atoms with E-state index in [1.807, 2.05) is 6.92 Å². The molecule has 13 heavy (non-hydrogen) atoms. The number of rotatable bonds is 7. The average Bonchev–Trinajstić information content (AvgIpc) is 2.17. The van der Waals surface area contributed by atoms with E-state index in [-0.39, 0.29) is 0 Å². The Morgan fingerprint density at radius 3 is 2.31 bits per heavy atom. The van der Waals surface area contributed by atoms with Crippen molar-refractivity contribution in [3.63, 3.8) is 0 Å². The van der Waals surface area contributed by atoms with E-state index in [0.29, 0.717) is 0 Å². The van der Waals surface area contributed by atoms with Gasteiger partial charge < -0.3 is 0 Å². The molecule has 0 heterocycles. The maximum atomic E-state index is 10.5. The zero-order valence-corrected chi connectivity index (χ0v) is 9.23. The number of carbonyl (C=O) groups is 1. The van der Waals surface area contributed by atoms with Crippen LogP contribution in [0.4, 0.5) is 0 Å². The number of hydrogen-bond donors (Lipinski definition) is 0. The van der Waals surface area contributed by atoms with Crippen molar-refractivity contribution in [1.82, 2.24) is 0 Å². The molecule has 0 unspecified atom stereocenters. The first-order valence-corrected chi connectivity index (χ1v) is 5.40. The fraction of sp³-hybridized carbons (Fsp3) is 0.750. The third-order valence-corrected chi connectivity index (χ3v) is 2.49. The van der Waals surface area contributed by atoms with Gasteiger partial charge in [0.2, 0.25) is 0 Å². The van der Waals surface area contributed by atoms with Crippen LogP contribution in [-0.2, 0) is 4.79 Å². The molecule has 0 N–H and O–H groups in total. The van der Waals surface area contributed by atoms with E-state index < -0.39 is 0 Å². The average molecular weight is 182 g/mol.